The largest absolute Gasteiger partial charge is 0.494 e. The summed E-state index contributed by atoms with van der Waals surface area (Å²) in [6.45, 7) is 2.99. The van der Waals surface area contributed by atoms with Crippen LogP contribution in [0.5, 0.6) is 23.0 Å². The van der Waals surface area contributed by atoms with Crippen LogP contribution in [0.2, 0.25) is 0 Å². The Kier molecular flexibility index (Phi) is 7.61. The van der Waals surface area contributed by atoms with Gasteiger partial charge in [0, 0.05) is 12.2 Å². The number of anilines is 1. The number of hydrogen-bond donors (Lipinski definition) is 2. The number of rotatable bonds is 9. The molecule has 7 nitrogen and oxygen atoms in total. The standard InChI is InChI=1S/C20H26N2O5/c1-5-27-16-8-6-15(7-9-16)22-20(23)21-11-10-14-12-17(24-2)19(26-4)18(13-14)25-3/h6-9,12-13H,5,10-11H2,1-4H3,(H2,21,22,23). The summed E-state index contributed by atoms with van der Waals surface area (Å²) < 4.78 is 21.4. The van der Waals surface area contributed by atoms with E-state index < -0.39 is 0 Å². The number of urea groups is 1. The molecule has 0 aliphatic carbocycles. The van der Waals surface area contributed by atoms with Crippen molar-refractivity contribution >= 4 is 11.7 Å². The predicted molar refractivity (Wildman–Crippen MR) is 104 cm³/mol. The molecule has 0 unspecified atom stereocenters. The predicted octanol–water partition coefficient (Wildman–Crippen LogP) is 3.48. The van der Waals surface area contributed by atoms with Gasteiger partial charge in [-0.3, -0.25) is 0 Å². The zero-order valence-electron chi connectivity index (χ0n) is 16.1. The smallest absolute Gasteiger partial charge is 0.319 e. The van der Waals surface area contributed by atoms with E-state index in [1.807, 2.05) is 31.2 Å². The minimum Gasteiger partial charge on any atom is -0.494 e. The van der Waals surface area contributed by atoms with Crippen molar-refractivity contribution in [3.8, 4) is 23.0 Å². The van der Waals surface area contributed by atoms with Crippen molar-refractivity contribution in [2.45, 2.75) is 13.3 Å². The number of amides is 2. The molecule has 2 amide bonds. The van der Waals surface area contributed by atoms with Crippen molar-refractivity contribution in [2.24, 2.45) is 0 Å². The van der Waals surface area contributed by atoms with Crippen LogP contribution in [-0.2, 0) is 6.42 Å². The number of nitrogens with one attached hydrogen (secondary N) is 2. The number of carbonyl (C=O) groups excluding carboxylic acids is 1. The highest BCUT2D eigenvalue weighted by molar-refractivity contribution is 5.89. The molecule has 0 aliphatic heterocycles. The minimum absolute atomic E-state index is 0.272. The van der Waals surface area contributed by atoms with Gasteiger partial charge in [0.05, 0.1) is 27.9 Å². The van der Waals surface area contributed by atoms with E-state index in [2.05, 4.69) is 10.6 Å². The third kappa shape index (κ3) is 5.70. The highest BCUT2D eigenvalue weighted by Crippen LogP contribution is 2.38. The van der Waals surface area contributed by atoms with E-state index in [-0.39, 0.29) is 6.03 Å². The van der Waals surface area contributed by atoms with Crippen LogP contribution < -0.4 is 29.6 Å². The monoisotopic (exact) mass is 374 g/mol. The van der Waals surface area contributed by atoms with Crippen molar-refractivity contribution in [3.05, 3.63) is 42.0 Å². The molecule has 0 radical (unpaired) electrons. The van der Waals surface area contributed by atoms with Gasteiger partial charge in [-0.2, -0.15) is 0 Å². The van der Waals surface area contributed by atoms with E-state index in [0.29, 0.717) is 42.5 Å². The molecule has 0 aliphatic rings. The first-order valence-corrected chi connectivity index (χ1v) is 8.67. The summed E-state index contributed by atoms with van der Waals surface area (Å²) in [5.74, 6) is 2.49. The lowest BCUT2D eigenvalue weighted by atomic mass is 10.1. The highest BCUT2D eigenvalue weighted by atomic mass is 16.5. The molecule has 0 spiro atoms. The Morgan fingerprint density at radius 2 is 1.59 bits per heavy atom. The first-order valence-electron chi connectivity index (χ1n) is 8.67. The molecule has 0 saturated heterocycles. The molecule has 146 valence electrons. The van der Waals surface area contributed by atoms with Gasteiger partial charge in [0.2, 0.25) is 5.75 Å². The lowest BCUT2D eigenvalue weighted by Crippen LogP contribution is -2.30. The molecule has 27 heavy (non-hydrogen) atoms. The summed E-state index contributed by atoms with van der Waals surface area (Å²) in [6.07, 6.45) is 0.618. The van der Waals surface area contributed by atoms with Crippen molar-refractivity contribution in [3.63, 3.8) is 0 Å². The van der Waals surface area contributed by atoms with E-state index in [0.717, 1.165) is 11.3 Å². The van der Waals surface area contributed by atoms with Crippen LogP contribution in [0.4, 0.5) is 10.5 Å². The Labute approximate surface area is 159 Å². The first-order chi connectivity index (χ1) is 13.1. The van der Waals surface area contributed by atoms with Gasteiger partial charge in [-0.05, 0) is 55.3 Å². The lowest BCUT2D eigenvalue weighted by molar-refractivity contribution is 0.252. The summed E-state index contributed by atoms with van der Waals surface area (Å²) in [5, 5.41) is 5.61. The molecule has 2 aromatic carbocycles. The van der Waals surface area contributed by atoms with Crippen molar-refractivity contribution in [2.75, 3.05) is 39.8 Å². The Hall–Kier alpha value is -3.09. The normalized spacial score (nSPS) is 10.1. The highest BCUT2D eigenvalue weighted by Gasteiger charge is 2.13. The summed E-state index contributed by atoms with van der Waals surface area (Å²) in [7, 11) is 4.71. The van der Waals surface area contributed by atoms with E-state index in [1.54, 1.807) is 33.5 Å². The van der Waals surface area contributed by atoms with Crippen LogP contribution in [0.3, 0.4) is 0 Å². The van der Waals surface area contributed by atoms with E-state index in [9.17, 15) is 4.79 Å². The lowest BCUT2D eigenvalue weighted by Gasteiger charge is -2.14. The number of methoxy groups -OCH3 is 3. The Morgan fingerprint density at radius 1 is 0.963 bits per heavy atom. The average molecular weight is 374 g/mol. The Bertz CT molecular complexity index is 722. The summed E-state index contributed by atoms with van der Waals surface area (Å²) >= 11 is 0. The van der Waals surface area contributed by atoms with Gasteiger partial charge < -0.3 is 29.6 Å². The topological polar surface area (TPSA) is 78.1 Å². The van der Waals surface area contributed by atoms with Gasteiger partial charge in [0.25, 0.3) is 0 Å². The fourth-order valence-electron chi connectivity index (χ4n) is 2.58. The molecular weight excluding hydrogens is 348 g/mol. The van der Waals surface area contributed by atoms with Crippen LogP contribution in [-0.4, -0.2) is 40.5 Å². The zero-order valence-corrected chi connectivity index (χ0v) is 16.1. The molecule has 0 fully saturated rings. The second kappa shape index (κ2) is 10.2. The maximum absolute atomic E-state index is 12.0. The van der Waals surface area contributed by atoms with Crippen LogP contribution in [0.15, 0.2) is 36.4 Å². The fraction of sp³-hybridized carbons (Fsp3) is 0.350. The minimum atomic E-state index is -0.272. The maximum Gasteiger partial charge on any atom is 0.319 e. The van der Waals surface area contributed by atoms with Crippen molar-refractivity contribution < 1.29 is 23.7 Å². The van der Waals surface area contributed by atoms with Crippen molar-refractivity contribution in [1.82, 2.24) is 5.32 Å². The van der Waals surface area contributed by atoms with Crippen LogP contribution >= 0.6 is 0 Å². The summed E-state index contributed by atoms with van der Waals surface area (Å²) in [5.41, 5.74) is 1.66. The van der Waals surface area contributed by atoms with E-state index in [4.69, 9.17) is 18.9 Å². The van der Waals surface area contributed by atoms with Gasteiger partial charge in [0.1, 0.15) is 5.75 Å². The quantitative estimate of drug-likeness (QED) is 0.703. The van der Waals surface area contributed by atoms with Gasteiger partial charge in [-0.1, -0.05) is 0 Å². The van der Waals surface area contributed by atoms with Crippen LogP contribution in [0.1, 0.15) is 12.5 Å². The number of benzene rings is 2. The molecular formula is C20H26N2O5. The SMILES string of the molecule is CCOc1ccc(NC(=O)NCCc2cc(OC)c(OC)c(OC)c2)cc1. The molecule has 2 rings (SSSR count). The van der Waals surface area contributed by atoms with Crippen molar-refractivity contribution in [1.29, 1.82) is 0 Å². The van der Waals surface area contributed by atoms with Gasteiger partial charge in [-0.25, -0.2) is 4.79 Å². The number of hydrogen-bond acceptors (Lipinski definition) is 5. The van der Waals surface area contributed by atoms with E-state index >= 15 is 0 Å². The third-order valence-corrected chi connectivity index (χ3v) is 3.85. The maximum atomic E-state index is 12.0. The zero-order chi connectivity index (χ0) is 19.6. The number of ether oxygens (including phenoxy) is 4. The number of carbonyl (C=O) groups is 1. The summed E-state index contributed by atoms with van der Waals surface area (Å²) in [4.78, 5) is 12.0. The molecule has 0 aromatic heterocycles. The molecule has 0 saturated carbocycles. The third-order valence-electron chi connectivity index (χ3n) is 3.85. The van der Waals surface area contributed by atoms with Gasteiger partial charge >= 0.3 is 6.03 Å². The van der Waals surface area contributed by atoms with Gasteiger partial charge in [0.15, 0.2) is 11.5 Å². The van der Waals surface area contributed by atoms with Crippen LogP contribution in [0.25, 0.3) is 0 Å². The Morgan fingerprint density at radius 3 is 2.11 bits per heavy atom. The van der Waals surface area contributed by atoms with E-state index in [1.165, 1.54) is 0 Å². The molecule has 2 N–H and O–H groups in total. The molecule has 7 heteroatoms. The second-order valence-corrected chi connectivity index (χ2v) is 5.62. The van der Waals surface area contributed by atoms with Gasteiger partial charge in [-0.15, -0.1) is 0 Å². The summed E-state index contributed by atoms with van der Waals surface area (Å²) in [6, 6.07) is 10.7. The molecule has 0 bridgehead atoms. The molecule has 0 atom stereocenters. The second-order valence-electron chi connectivity index (χ2n) is 5.62. The van der Waals surface area contributed by atoms with Crippen LogP contribution in [0, 0.1) is 0 Å². The average Bonchev–Trinajstić information content (AvgIpc) is 2.68. The Balaban J connectivity index is 1.89. The fourth-order valence-corrected chi connectivity index (χ4v) is 2.58. The molecule has 0 heterocycles. The molecule has 2 aromatic rings. The first kappa shape index (κ1) is 20.2.